The Balaban J connectivity index is 3.30. The lowest BCUT2D eigenvalue weighted by Crippen LogP contribution is -1.92. The van der Waals surface area contributed by atoms with Crippen LogP contribution in [0, 0.1) is 0 Å². The summed E-state index contributed by atoms with van der Waals surface area (Å²) in [6, 6.07) is 0. The van der Waals surface area contributed by atoms with E-state index in [4.69, 9.17) is 5.11 Å². The van der Waals surface area contributed by atoms with E-state index in [2.05, 4.69) is 43.4 Å². The quantitative estimate of drug-likeness (QED) is 0.419. The van der Waals surface area contributed by atoms with E-state index in [9.17, 15) is 4.79 Å². The van der Waals surface area contributed by atoms with Gasteiger partial charge >= 0.3 is 5.97 Å². The number of unbranched alkanes of at least 4 members (excludes halogenated alkanes) is 3. The lowest BCUT2D eigenvalue weighted by molar-refractivity contribution is -0.137. The van der Waals surface area contributed by atoms with Crippen LogP contribution in [-0.2, 0) is 4.79 Å². The number of rotatable bonds is 11. The molecule has 2 heteroatoms. The maximum atomic E-state index is 10.3. The van der Waals surface area contributed by atoms with Crippen molar-refractivity contribution in [3.63, 3.8) is 0 Å². The van der Waals surface area contributed by atoms with Gasteiger partial charge in [0.25, 0.3) is 0 Å². The van der Waals surface area contributed by atoms with Gasteiger partial charge in [-0.25, -0.2) is 0 Å². The number of hydrogen-bond acceptors (Lipinski definition) is 1. The highest BCUT2D eigenvalue weighted by Crippen LogP contribution is 2.00. The Morgan fingerprint density at radius 3 is 2.06 bits per heavy atom. The first-order valence-electron chi connectivity index (χ1n) is 6.94. The van der Waals surface area contributed by atoms with E-state index in [0.29, 0.717) is 0 Å². The summed E-state index contributed by atoms with van der Waals surface area (Å²) in [6.45, 7) is 2.18. The summed E-state index contributed by atoms with van der Waals surface area (Å²) in [6.07, 6.45) is 20.5. The molecule has 0 aliphatic rings. The van der Waals surface area contributed by atoms with E-state index in [0.717, 1.165) is 32.1 Å². The highest BCUT2D eigenvalue weighted by molar-refractivity contribution is 5.66. The predicted octanol–water partition coefficient (Wildman–Crippen LogP) is 4.88. The summed E-state index contributed by atoms with van der Waals surface area (Å²) in [5.74, 6) is -0.706. The lowest BCUT2D eigenvalue weighted by Gasteiger charge is -1.91. The summed E-state index contributed by atoms with van der Waals surface area (Å²) < 4.78 is 0. The molecule has 0 spiro atoms. The van der Waals surface area contributed by atoms with Crippen LogP contribution in [0.15, 0.2) is 36.5 Å². The second kappa shape index (κ2) is 13.8. The topological polar surface area (TPSA) is 37.3 Å². The zero-order chi connectivity index (χ0) is 13.5. The van der Waals surface area contributed by atoms with Crippen LogP contribution in [0.5, 0.6) is 0 Å². The van der Waals surface area contributed by atoms with Crippen LogP contribution in [0.4, 0.5) is 0 Å². The molecule has 18 heavy (non-hydrogen) atoms. The van der Waals surface area contributed by atoms with Gasteiger partial charge in [0, 0.05) is 6.42 Å². The molecule has 2 nitrogen and oxygen atoms in total. The normalized spacial score (nSPS) is 12.1. The van der Waals surface area contributed by atoms with Crippen molar-refractivity contribution in [1.29, 1.82) is 0 Å². The molecule has 0 aliphatic carbocycles. The van der Waals surface area contributed by atoms with E-state index in [1.807, 2.05) is 0 Å². The van der Waals surface area contributed by atoms with Gasteiger partial charge in [0.2, 0.25) is 0 Å². The summed E-state index contributed by atoms with van der Waals surface area (Å²) in [5.41, 5.74) is 0. The zero-order valence-electron chi connectivity index (χ0n) is 11.5. The van der Waals surface area contributed by atoms with Crippen LogP contribution < -0.4 is 0 Å². The van der Waals surface area contributed by atoms with Gasteiger partial charge in [-0.3, -0.25) is 4.79 Å². The third-order valence-electron chi connectivity index (χ3n) is 2.49. The van der Waals surface area contributed by atoms with Crippen molar-refractivity contribution >= 4 is 5.97 Å². The number of carboxylic acid groups (broad SMARTS) is 1. The lowest BCUT2D eigenvalue weighted by atomic mass is 10.2. The van der Waals surface area contributed by atoms with Crippen LogP contribution in [0.3, 0.4) is 0 Å². The van der Waals surface area contributed by atoms with Gasteiger partial charge in [0.05, 0.1) is 0 Å². The molecule has 0 aromatic carbocycles. The van der Waals surface area contributed by atoms with Crippen molar-refractivity contribution in [1.82, 2.24) is 0 Å². The molecular formula is C16H26O2. The molecule has 1 N–H and O–H groups in total. The Bertz CT molecular complexity index is 275. The minimum Gasteiger partial charge on any atom is -0.481 e. The number of carbonyl (C=O) groups is 1. The van der Waals surface area contributed by atoms with Gasteiger partial charge in [-0.15, -0.1) is 0 Å². The minimum absolute atomic E-state index is 0.272. The van der Waals surface area contributed by atoms with E-state index in [1.54, 1.807) is 0 Å². The molecule has 0 bridgehead atoms. The molecule has 0 atom stereocenters. The van der Waals surface area contributed by atoms with E-state index in [1.165, 1.54) is 12.8 Å². The summed E-state index contributed by atoms with van der Waals surface area (Å²) >= 11 is 0. The van der Waals surface area contributed by atoms with Gasteiger partial charge in [-0.1, -0.05) is 49.8 Å². The van der Waals surface area contributed by atoms with Crippen LogP contribution >= 0.6 is 0 Å². The molecule has 0 unspecified atom stereocenters. The second-order valence-corrected chi connectivity index (χ2v) is 4.30. The summed E-state index contributed by atoms with van der Waals surface area (Å²) in [4.78, 5) is 10.3. The molecule has 0 aromatic rings. The van der Waals surface area contributed by atoms with E-state index >= 15 is 0 Å². The fourth-order valence-corrected chi connectivity index (χ4v) is 1.47. The molecule has 0 saturated heterocycles. The predicted molar refractivity (Wildman–Crippen MR) is 77.7 cm³/mol. The van der Waals surface area contributed by atoms with Gasteiger partial charge in [0.15, 0.2) is 0 Å². The SMILES string of the molecule is CCCC=CCC=CCCC=CCCCC(=O)O. The minimum atomic E-state index is -0.706. The summed E-state index contributed by atoms with van der Waals surface area (Å²) in [7, 11) is 0. The molecule has 0 heterocycles. The smallest absolute Gasteiger partial charge is 0.303 e. The molecule has 0 radical (unpaired) electrons. The Morgan fingerprint density at radius 1 is 0.889 bits per heavy atom. The highest BCUT2D eigenvalue weighted by Gasteiger charge is 1.92. The number of allylic oxidation sites excluding steroid dienone is 6. The molecule has 0 fully saturated rings. The zero-order valence-corrected chi connectivity index (χ0v) is 11.5. The number of hydrogen-bond donors (Lipinski definition) is 1. The molecule has 0 aromatic heterocycles. The van der Waals surface area contributed by atoms with Crippen molar-refractivity contribution < 1.29 is 9.90 Å². The fraction of sp³-hybridized carbons (Fsp3) is 0.562. The van der Waals surface area contributed by atoms with Crippen molar-refractivity contribution in [3.05, 3.63) is 36.5 Å². The van der Waals surface area contributed by atoms with Crippen molar-refractivity contribution in [2.45, 2.75) is 58.3 Å². The van der Waals surface area contributed by atoms with Crippen LogP contribution in [0.2, 0.25) is 0 Å². The maximum absolute atomic E-state index is 10.3. The molecular weight excluding hydrogens is 224 g/mol. The first-order valence-corrected chi connectivity index (χ1v) is 6.94. The van der Waals surface area contributed by atoms with E-state index < -0.39 is 5.97 Å². The molecule has 0 amide bonds. The van der Waals surface area contributed by atoms with Gasteiger partial charge in [0.1, 0.15) is 0 Å². The third kappa shape index (κ3) is 14.7. The molecule has 0 saturated carbocycles. The number of carboxylic acids is 1. The van der Waals surface area contributed by atoms with Gasteiger partial charge in [-0.05, 0) is 38.5 Å². The van der Waals surface area contributed by atoms with Crippen molar-refractivity contribution in [2.75, 3.05) is 0 Å². The molecule has 0 aliphatic heterocycles. The van der Waals surface area contributed by atoms with Crippen LogP contribution in [0.25, 0.3) is 0 Å². The largest absolute Gasteiger partial charge is 0.481 e. The Kier molecular flexibility index (Phi) is 12.8. The van der Waals surface area contributed by atoms with Gasteiger partial charge in [-0.2, -0.15) is 0 Å². The standard InChI is InChI=1S/C16H26O2/c1-2-3-4-5-6-7-8-9-10-11-12-13-14-15-16(17)18/h4-5,7-8,11-12H,2-3,6,9-10,13-15H2,1H3,(H,17,18). The second-order valence-electron chi connectivity index (χ2n) is 4.30. The van der Waals surface area contributed by atoms with Crippen molar-refractivity contribution in [3.8, 4) is 0 Å². The first-order chi connectivity index (χ1) is 8.77. The van der Waals surface area contributed by atoms with Crippen LogP contribution in [-0.4, -0.2) is 11.1 Å². The monoisotopic (exact) mass is 250 g/mol. The summed E-state index contributed by atoms with van der Waals surface area (Å²) in [5, 5.41) is 8.45. The number of aliphatic carboxylic acids is 1. The average molecular weight is 250 g/mol. The Hall–Kier alpha value is -1.31. The third-order valence-corrected chi connectivity index (χ3v) is 2.49. The highest BCUT2D eigenvalue weighted by atomic mass is 16.4. The van der Waals surface area contributed by atoms with Crippen LogP contribution in [0.1, 0.15) is 58.3 Å². The Labute approximate surface area is 111 Å². The van der Waals surface area contributed by atoms with Crippen molar-refractivity contribution in [2.24, 2.45) is 0 Å². The Morgan fingerprint density at radius 2 is 1.44 bits per heavy atom. The maximum Gasteiger partial charge on any atom is 0.303 e. The molecule has 102 valence electrons. The van der Waals surface area contributed by atoms with Gasteiger partial charge < -0.3 is 5.11 Å². The average Bonchev–Trinajstić information content (AvgIpc) is 2.34. The first kappa shape index (κ1) is 16.7. The molecule has 0 rings (SSSR count). The fourth-order valence-electron chi connectivity index (χ4n) is 1.47. The van der Waals surface area contributed by atoms with E-state index in [-0.39, 0.29) is 6.42 Å².